The molecule has 0 aromatic carbocycles. The van der Waals surface area contributed by atoms with E-state index in [1.807, 2.05) is 0 Å². The second kappa shape index (κ2) is 4.85. The van der Waals surface area contributed by atoms with Crippen LogP contribution in [0.3, 0.4) is 0 Å². The second-order valence-electron chi connectivity index (χ2n) is 1.98. The summed E-state index contributed by atoms with van der Waals surface area (Å²) in [6.45, 7) is 5.06. The fraction of sp³-hybridized carbons (Fsp3) is 0.714. The maximum atomic E-state index is 5.29. The first-order chi connectivity index (χ1) is 3.81. The van der Waals surface area contributed by atoms with Crippen LogP contribution in [0.25, 0.3) is 0 Å². The Morgan fingerprint density at radius 2 is 2.25 bits per heavy atom. The van der Waals surface area contributed by atoms with Crippen molar-refractivity contribution in [1.82, 2.24) is 0 Å². The summed E-state index contributed by atoms with van der Waals surface area (Å²) in [7, 11) is 0. The molecule has 0 saturated carbocycles. The van der Waals surface area contributed by atoms with Crippen LogP contribution in [0.15, 0.2) is 11.6 Å². The Bertz CT molecular complexity index is 74.5. The Morgan fingerprint density at radius 3 is 2.62 bits per heavy atom. The summed E-state index contributed by atoms with van der Waals surface area (Å²) in [6.07, 6.45) is 4.37. The fourth-order valence-corrected chi connectivity index (χ4v) is 0.474. The number of nitrogens with two attached hydrogens (primary N) is 1. The summed E-state index contributed by atoms with van der Waals surface area (Å²) < 4.78 is 0. The molecule has 0 amide bonds. The van der Waals surface area contributed by atoms with Crippen LogP contribution in [0, 0.1) is 0 Å². The van der Waals surface area contributed by atoms with Crippen molar-refractivity contribution >= 4 is 0 Å². The predicted molar refractivity (Wildman–Crippen MR) is 37.7 cm³/mol. The third-order valence-electron chi connectivity index (χ3n) is 1.22. The Balaban J connectivity index is 3.26. The minimum Gasteiger partial charge on any atom is -0.330 e. The lowest BCUT2D eigenvalue weighted by Crippen LogP contribution is -1.95. The molecule has 0 aliphatic rings. The molecule has 0 saturated heterocycles. The van der Waals surface area contributed by atoms with Crippen LogP contribution < -0.4 is 5.73 Å². The molecule has 2 N–H and O–H groups in total. The minimum atomic E-state index is 0.775. The Hall–Kier alpha value is -0.300. The largest absolute Gasteiger partial charge is 0.330 e. The van der Waals surface area contributed by atoms with Crippen molar-refractivity contribution in [2.24, 2.45) is 5.73 Å². The van der Waals surface area contributed by atoms with Gasteiger partial charge in [0.05, 0.1) is 0 Å². The lowest BCUT2D eigenvalue weighted by molar-refractivity contribution is 0.974. The van der Waals surface area contributed by atoms with Gasteiger partial charge in [0, 0.05) is 0 Å². The van der Waals surface area contributed by atoms with Crippen LogP contribution in [-0.4, -0.2) is 6.54 Å². The van der Waals surface area contributed by atoms with Gasteiger partial charge in [0.15, 0.2) is 0 Å². The van der Waals surface area contributed by atoms with Gasteiger partial charge in [-0.25, -0.2) is 0 Å². The molecule has 8 heavy (non-hydrogen) atoms. The van der Waals surface area contributed by atoms with Crippen molar-refractivity contribution in [3.63, 3.8) is 0 Å². The van der Waals surface area contributed by atoms with Crippen LogP contribution in [-0.2, 0) is 0 Å². The number of allylic oxidation sites excluding steroid dienone is 1. The molecule has 48 valence electrons. The molecule has 0 aliphatic heterocycles. The zero-order valence-corrected chi connectivity index (χ0v) is 5.78. The highest BCUT2D eigenvalue weighted by molar-refractivity contribution is 4.96. The molecule has 0 aromatic heterocycles. The van der Waals surface area contributed by atoms with Gasteiger partial charge in [-0.2, -0.15) is 0 Å². The Morgan fingerprint density at radius 1 is 1.62 bits per heavy atom. The van der Waals surface area contributed by atoms with Gasteiger partial charge in [-0.3, -0.25) is 0 Å². The van der Waals surface area contributed by atoms with E-state index in [1.165, 1.54) is 5.57 Å². The van der Waals surface area contributed by atoms with Crippen LogP contribution in [0.4, 0.5) is 0 Å². The molecular weight excluding hydrogens is 98.1 g/mol. The highest BCUT2D eigenvalue weighted by Gasteiger charge is 1.79. The van der Waals surface area contributed by atoms with E-state index in [2.05, 4.69) is 19.9 Å². The predicted octanol–water partition coefficient (Wildman–Crippen LogP) is 1.69. The molecule has 0 aliphatic carbocycles. The third kappa shape index (κ3) is 3.88. The van der Waals surface area contributed by atoms with Crippen LogP contribution in [0.1, 0.15) is 26.7 Å². The van der Waals surface area contributed by atoms with Gasteiger partial charge in [0.2, 0.25) is 0 Å². The molecule has 0 atom stereocenters. The fourth-order valence-electron chi connectivity index (χ4n) is 0.474. The van der Waals surface area contributed by atoms with Crippen molar-refractivity contribution < 1.29 is 0 Å². The van der Waals surface area contributed by atoms with Crippen LogP contribution >= 0.6 is 0 Å². The molecule has 0 fully saturated rings. The smallest absolute Gasteiger partial charge is 0.00425 e. The SMILES string of the molecule is CC/C(C)=C\CCN. The van der Waals surface area contributed by atoms with Crippen molar-refractivity contribution in [2.75, 3.05) is 6.54 Å². The van der Waals surface area contributed by atoms with Gasteiger partial charge in [-0.1, -0.05) is 18.6 Å². The first-order valence-corrected chi connectivity index (χ1v) is 3.17. The Kier molecular flexibility index (Phi) is 4.67. The van der Waals surface area contributed by atoms with E-state index >= 15 is 0 Å². The average molecular weight is 113 g/mol. The van der Waals surface area contributed by atoms with E-state index in [1.54, 1.807) is 0 Å². The van der Waals surface area contributed by atoms with Crippen molar-refractivity contribution in [2.45, 2.75) is 26.7 Å². The minimum absolute atomic E-state index is 0.775. The van der Waals surface area contributed by atoms with Gasteiger partial charge < -0.3 is 5.73 Å². The van der Waals surface area contributed by atoms with Crippen LogP contribution in [0.5, 0.6) is 0 Å². The van der Waals surface area contributed by atoms with Gasteiger partial charge in [0.25, 0.3) is 0 Å². The first-order valence-electron chi connectivity index (χ1n) is 3.17. The molecule has 1 heteroatoms. The van der Waals surface area contributed by atoms with Crippen molar-refractivity contribution in [1.29, 1.82) is 0 Å². The van der Waals surface area contributed by atoms with E-state index in [0.717, 1.165) is 19.4 Å². The lowest BCUT2D eigenvalue weighted by atomic mass is 10.2. The maximum Gasteiger partial charge on any atom is -0.00425 e. The third-order valence-corrected chi connectivity index (χ3v) is 1.22. The molecular formula is C7H15N. The highest BCUT2D eigenvalue weighted by Crippen LogP contribution is 1.97. The van der Waals surface area contributed by atoms with Gasteiger partial charge in [-0.05, 0) is 26.3 Å². The summed E-state index contributed by atoms with van der Waals surface area (Å²) >= 11 is 0. The second-order valence-corrected chi connectivity index (χ2v) is 1.98. The lowest BCUT2D eigenvalue weighted by Gasteiger charge is -1.91. The van der Waals surface area contributed by atoms with E-state index in [0.29, 0.717) is 0 Å². The van der Waals surface area contributed by atoms with Gasteiger partial charge in [0.1, 0.15) is 0 Å². The monoisotopic (exact) mass is 113 g/mol. The van der Waals surface area contributed by atoms with Gasteiger partial charge in [-0.15, -0.1) is 0 Å². The number of hydrogen-bond acceptors (Lipinski definition) is 1. The zero-order chi connectivity index (χ0) is 6.41. The molecule has 0 rings (SSSR count). The van der Waals surface area contributed by atoms with E-state index < -0.39 is 0 Å². The number of rotatable bonds is 3. The normalized spacial score (nSPS) is 12.1. The summed E-state index contributed by atoms with van der Waals surface area (Å²) in [5.74, 6) is 0. The van der Waals surface area contributed by atoms with E-state index in [4.69, 9.17) is 5.73 Å². The standard InChI is InChI=1S/C7H15N/c1-3-7(2)5-4-6-8/h5H,3-4,6,8H2,1-2H3/b7-5-. The van der Waals surface area contributed by atoms with E-state index in [9.17, 15) is 0 Å². The van der Waals surface area contributed by atoms with E-state index in [-0.39, 0.29) is 0 Å². The maximum absolute atomic E-state index is 5.29. The molecule has 0 radical (unpaired) electrons. The van der Waals surface area contributed by atoms with Gasteiger partial charge >= 0.3 is 0 Å². The summed E-state index contributed by atoms with van der Waals surface area (Å²) in [4.78, 5) is 0. The highest BCUT2D eigenvalue weighted by atomic mass is 14.5. The molecule has 0 unspecified atom stereocenters. The average Bonchev–Trinajstić information content (AvgIpc) is 1.83. The molecule has 1 nitrogen and oxygen atoms in total. The summed E-state index contributed by atoms with van der Waals surface area (Å²) in [5, 5.41) is 0. The summed E-state index contributed by atoms with van der Waals surface area (Å²) in [5.41, 5.74) is 6.73. The zero-order valence-electron chi connectivity index (χ0n) is 5.78. The Labute approximate surface area is 51.6 Å². The quantitative estimate of drug-likeness (QED) is 0.554. The van der Waals surface area contributed by atoms with Crippen LogP contribution in [0.2, 0.25) is 0 Å². The molecule has 0 bridgehead atoms. The summed E-state index contributed by atoms with van der Waals surface area (Å²) in [6, 6.07) is 0. The molecule has 0 spiro atoms. The first kappa shape index (κ1) is 7.70. The number of hydrogen-bond donors (Lipinski definition) is 1. The molecule has 0 aromatic rings. The van der Waals surface area contributed by atoms with Crippen molar-refractivity contribution in [3.05, 3.63) is 11.6 Å². The van der Waals surface area contributed by atoms with Crippen molar-refractivity contribution in [3.8, 4) is 0 Å². The topological polar surface area (TPSA) is 26.0 Å². The molecule has 0 heterocycles.